The van der Waals surface area contributed by atoms with Gasteiger partial charge in [0, 0.05) is 17.6 Å². The number of nitrogens with one attached hydrogen (secondary N) is 1. The van der Waals surface area contributed by atoms with E-state index >= 15 is 0 Å². The first-order valence-corrected chi connectivity index (χ1v) is 13.4. The van der Waals surface area contributed by atoms with Crippen LogP contribution in [0.25, 0.3) is 0 Å². The highest BCUT2D eigenvalue weighted by atomic mass is 35.5. The molecule has 2 unspecified atom stereocenters. The van der Waals surface area contributed by atoms with Crippen molar-refractivity contribution in [1.82, 2.24) is 5.32 Å². The van der Waals surface area contributed by atoms with E-state index < -0.39 is 8.32 Å². The van der Waals surface area contributed by atoms with Crippen molar-refractivity contribution in [2.75, 3.05) is 6.54 Å². The van der Waals surface area contributed by atoms with Crippen molar-refractivity contribution in [3.8, 4) is 0 Å². The second-order valence-electron chi connectivity index (χ2n) is 8.98. The summed E-state index contributed by atoms with van der Waals surface area (Å²) in [6.07, 6.45) is 2.72. The summed E-state index contributed by atoms with van der Waals surface area (Å²) in [5.74, 6) is 1.85. The third kappa shape index (κ3) is 3.92. The maximum atomic E-state index is 6.88. The van der Waals surface area contributed by atoms with Crippen molar-refractivity contribution in [1.29, 1.82) is 0 Å². The predicted molar refractivity (Wildman–Crippen MR) is 114 cm³/mol. The molecule has 1 aromatic rings. The Morgan fingerprint density at radius 3 is 2.23 bits per heavy atom. The summed E-state index contributed by atoms with van der Waals surface area (Å²) in [5.41, 5.74) is 1.74. The fourth-order valence-corrected chi connectivity index (χ4v) is 8.27. The molecule has 2 aliphatic rings. The standard InChI is InChI=1S/C22H36ClNOSi/c1-6-26(7-2,8-3)25-21(17-11-9-10-12-20(17)23)15-24-16-13-18-19(14-16)22(18,4)5/h9-12,16,18-19,21,24H,6-8,13-15H2,1-5H3/t16?,18-,19+,21?. The average Bonchev–Trinajstić information content (AvgIpc) is 2.99. The van der Waals surface area contributed by atoms with Gasteiger partial charge in [0.15, 0.2) is 8.32 Å². The van der Waals surface area contributed by atoms with Crippen LogP contribution in [0, 0.1) is 17.3 Å². The van der Waals surface area contributed by atoms with Crippen LogP contribution in [0.5, 0.6) is 0 Å². The van der Waals surface area contributed by atoms with Crippen molar-refractivity contribution in [3.05, 3.63) is 34.9 Å². The molecule has 3 rings (SSSR count). The van der Waals surface area contributed by atoms with Crippen LogP contribution in [0.3, 0.4) is 0 Å². The molecule has 2 aliphatic carbocycles. The Morgan fingerprint density at radius 1 is 1.12 bits per heavy atom. The van der Waals surface area contributed by atoms with Gasteiger partial charge in [-0.1, -0.05) is 64.4 Å². The van der Waals surface area contributed by atoms with Crippen molar-refractivity contribution in [2.24, 2.45) is 17.3 Å². The molecule has 2 saturated carbocycles. The third-order valence-electron chi connectivity index (χ3n) is 7.53. The summed E-state index contributed by atoms with van der Waals surface area (Å²) in [6, 6.07) is 12.4. The van der Waals surface area contributed by atoms with Crippen molar-refractivity contribution in [2.45, 2.75) is 77.7 Å². The smallest absolute Gasteiger partial charge is 0.192 e. The van der Waals surface area contributed by atoms with Crippen LogP contribution < -0.4 is 5.32 Å². The zero-order valence-corrected chi connectivity index (χ0v) is 18.9. The number of hydrogen-bond acceptors (Lipinski definition) is 2. The first-order valence-electron chi connectivity index (χ1n) is 10.5. The Balaban J connectivity index is 1.69. The maximum absolute atomic E-state index is 6.88. The lowest BCUT2D eigenvalue weighted by Gasteiger charge is -2.34. The van der Waals surface area contributed by atoms with Gasteiger partial charge in [-0.15, -0.1) is 0 Å². The van der Waals surface area contributed by atoms with Gasteiger partial charge in [-0.05, 0) is 59.9 Å². The van der Waals surface area contributed by atoms with Crippen LogP contribution in [0.4, 0.5) is 0 Å². The summed E-state index contributed by atoms with van der Waals surface area (Å²) in [6.45, 7) is 12.6. The highest BCUT2D eigenvalue weighted by molar-refractivity contribution is 6.73. The first-order chi connectivity index (χ1) is 12.4. The van der Waals surface area contributed by atoms with E-state index in [2.05, 4.69) is 52.1 Å². The number of fused-ring (bicyclic) bond motifs is 1. The molecule has 2 fully saturated rings. The Kier molecular flexibility index (Phi) is 6.23. The van der Waals surface area contributed by atoms with Gasteiger partial charge in [0.2, 0.25) is 0 Å². The molecule has 26 heavy (non-hydrogen) atoms. The summed E-state index contributed by atoms with van der Waals surface area (Å²) in [7, 11) is -1.69. The molecule has 0 radical (unpaired) electrons. The first kappa shape index (κ1) is 20.4. The third-order valence-corrected chi connectivity index (χ3v) is 12.5. The summed E-state index contributed by atoms with van der Waals surface area (Å²) in [5, 5.41) is 4.67. The van der Waals surface area contributed by atoms with Gasteiger partial charge in [0.1, 0.15) is 0 Å². The van der Waals surface area contributed by atoms with Crippen LogP contribution in [-0.4, -0.2) is 20.9 Å². The molecule has 4 atom stereocenters. The quantitative estimate of drug-likeness (QED) is 0.488. The fraction of sp³-hybridized carbons (Fsp3) is 0.727. The van der Waals surface area contributed by atoms with E-state index in [0.717, 1.165) is 29.0 Å². The number of hydrogen-bond donors (Lipinski definition) is 1. The fourth-order valence-electron chi connectivity index (χ4n) is 5.20. The zero-order valence-electron chi connectivity index (χ0n) is 17.1. The lowest BCUT2D eigenvalue weighted by Crippen LogP contribution is -2.41. The summed E-state index contributed by atoms with van der Waals surface area (Å²) in [4.78, 5) is 0. The monoisotopic (exact) mass is 393 g/mol. The highest BCUT2D eigenvalue weighted by Crippen LogP contribution is 2.66. The minimum atomic E-state index is -1.69. The van der Waals surface area contributed by atoms with Gasteiger partial charge in [-0.2, -0.15) is 0 Å². The molecule has 0 bridgehead atoms. The van der Waals surface area contributed by atoms with Crippen LogP contribution in [0.1, 0.15) is 59.1 Å². The summed E-state index contributed by atoms with van der Waals surface area (Å²) < 4.78 is 6.88. The van der Waals surface area contributed by atoms with E-state index in [0.29, 0.717) is 11.5 Å². The Labute approximate surface area is 166 Å². The van der Waals surface area contributed by atoms with Gasteiger partial charge >= 0.3 is 0 Å². The normalized spacial score (nSPS) is 28.0. The number of halogens is 1. The lowest BCUT2D eigenvalue weighted by molar-refractivity contribution is 0.179. The molecule has 4 heteroatoms. The largest absolute Gasteiger partial charge is 0.409 e. The molecule has 1 N–H and O–H groups in total. The van der Waals surface area contributed by atoms with Crippen LogP contribution in [-0.2, 0) is 4.43 Å². The second kappa shape index (κ2) is 7.95. The van der Waals surface area contributed by atoms with E-state index in [4.69, 9.17) is 16.0 Å². The number of benzene rings is 1. The second-order valence-corrected chi connectivity index (χ2v) is 14.1. The molecule has 0 heterocycles. The lowest BCUT2D eigenvalue weighted by atomic mass is 9.97. The molecule has 0 amide bonds. The maximum Gasteiger partial charge on any atom is 0.192 e. The van der Waals surface area contributed by atoms with Gasteiger partial charge in [-0.25, -0.2) is 0 Å². The van der Waals surface area contributed by atoms with Crippen LogP contribution >= 0.6 is 11.6 Å². The molecule has 0 aromatic heterocycles. The Bertz CT molecular complexity index is 594. The van der Waals surface area contributed by atoms with Gasteiger partial charge in [0.05, 0.1) is 6.10 Å². The van der Waals surface area contributed by atoms with Crippen molar-refractivity contribution < 1.29 is 4.43 Å². The molecular weight excluding hydrogens is 358 g/mol. The predicted octanol–water partition coefficient (Wildman–Crippen LogP) is 6.43. The van der Waals surface area contributed by atoms with E-state index in [1.807, 2.05) is 12.1 Å². The number of rotatable bonds is 9. The van der Waals surface area contributed by atoms with E-state index in [9.17, 15) is 0 Å². The van der Waals surface area contributed by atoms with E-state index in [1.54, 1.807) is 0 Å². The minimum absolute atomic E-state index is 0.0696. The van der Waals surface area contributed by atoms with Gasteiger partial charge in [-0.3, -0.25) is 0 Å². The average molecular weight is 394 g/mol. The topological polar surface area (TPSA) is 21.3 Å². The van der Waals surface area contributed by atoms with Crippen LogP contribution in [0.15, 0.2) is 24.3 Å². The molecular formula is C22H36ClNOSi. The van der Waals surface area contributed by atoms with Gasteiger partial charge in [0.25, 0.3) is 0 Å². The zero-order chi connectivity index (χ0) is 18.9. The summed E-state index contributed by atoms with van der Waals surface area (Å²) >= 11 is 6.55. The van der Waals surface area contributed by atoms with Crippen molar-refractivity contribution in [3.63, 3.8) is 0 Å². The van der Waals surface area contributed by atoms with Gasteiger partial charge < -0.3 is 9.74 Å². The molecule has 0 spiro atoms. The van der Waals surface area contributed by atoms with Crippen molar-refractivity contribution >= 4 is 19.9 Å². The Morgan fingerprint density at radius 2 is 1.69 bits per heavy atom. The molecule has 1 aromatic carbocycles. The van der Waals surface area contributed by atoms with Crippen LogP contribution in [0.2, 0.25) is 23.2 Å². The highest BCUT2D eigenvalue weighted by Gasteiger charge is 2.61. The molecule has 0 saturated heterocycles. The molecule has 146 valence electrons. The Hall–Kier alpha value is -0.353. The molecule has 2 nitrogen and oxygen atoms in total. The van der Waals surface area contributed by atoms with E-state index in [1.165, 1.54) is 31.0 Å². The van der Waals surface area contributed by atoms with E-state index in [-0.39, 0.29) is 6.10 Å². The minimum Gasteiger partial charge on any atom is -0.409 e. The molecule has 0 aliphatic heterocycles. The SMILES string of the molecule is CC[Si](CC)(CC)OC(CNC1C[C@@H]2[C@H](C1)C2(C)C)c1ccccc1Cl.